The minimum absolute atomic E-state index is 0.105. The molecule has 0 bridgehead atoms. The van der Waals surface area contributed by atoms with Crippen LogP contribution in [-0.2, 0) is 16.0 Å². The lowest BCUT2D eigenvalue weighted by Crippen LogP contribution is -2.48. The number of hydrogen-bond donors (Lipinski definition) is 2. The van der Waals surface area contributed by atoms with Crippen LogP contribution in [0.1, 0.15) is 49.8 Å². The summed E-state index contributed by atoms with van der Waals surface area (Å²) < 4.78 is 0. The van der Waals surface area contributed by atoms with Gasteiger partial charge in [0.05, 0.1) is 6.04 Å². The minimum Gasteiger partial charge on any atom is -0.356 e. The van der Waals surface area contributed by atoms with Gasteiger partial charge in [-0.1, -0.05) is 31.2 Å². The standard InChI is InChI=1S/C20H29N3O2/c1-2-15-5-7-16(8-6-15)18-14-21-12-13-23(18)19(24)4-3-11-22-20(25)17-9-10-17/h5-8,17-18,21H,2-4,9-14H2,1H3,(H,22,25). The third-order valence-corrected chi connectivity index (χ3v) is 5.15. The van der Waals surface area contributed by atoms with E-state index in [0.717, 1.165) is 38.9 Å². The summed E-state index contributed by atoms with van der Waals surface area (Å²) in [7, 11) is 0. The maximum atomic E-state index is 12.7. The van der Waals surface area contributed by atoms with Gasteiger partial charge >= 0.3 is 0 Å². The van der Waals surface area contributed by atoms with Crippen LogP contribution in [0.2, 0.25) is 0 Å². The van der Waals surface area contributed by atoms with Crippen molar-refractivity contribution < 1.29 is 9.59 Å². The molecule has 1 aromatic carbocycles. The predicted octanol–water partition coefficient (Wildman–Crippen LogP) is 2.03. The van der Waals surface area contributed by atoms with E-state index in [9.17, 15) is 9.59 Å². The van der Waals surface area contributed by atoms with Crippen molar-refractivity contribution in [1.29, 1.82) is 0 Å². The fourth-order valence-electron chi connectivity index (χ4n) is 3.36. The van der Waals surface area contributed by atoms with Crippen LogP contribution >= 0.6 is 0 Å². The van der Waals surface area contributed by atoms with Gasteiger partial charge in [-0.15, -0.1) is 0 Å². The van der Waals surface area contributed by atoms with E-state index in [4.69, 9.17) is 0 Å². The van der Waals surface area contributed by atoms with Gasteiger partial charge in [-0.25, -0.2) is 0 Å². The topological polar surface area (TPSA) is 61.4 Å². The Hall–Kier alpha value is -1.88. The molecule has 0 aromatic heterocycles. The zero-order valence-electron chi connectivity index (χ0n) is 15.1. The van der Waals surface area contributed by atoms with E-state index < -0.39 is 0 Å². The van der Waals surface area contributed by atoms with Crippen LogP contribution < -0.4 is 10.6 Å². The van der Waals surface area contributed by atoms with Gasteiger partial charge < -0.3 is 15.5 Å². The predicted molar refractivity (Wildman–Crippen MR) is 98.1 cm³/mol. The quantitative estimate of drug-likeness (QED) is 0.745. The Kier molecular flexibility index (Phi) is 6.08. The first kappa shape index (κ1) is 17.9. The number of piperazine rings is 1. The zero-order chi connectivity index (χ0) is 17.6. The molecule has 1 unspecified atom stereocenters. The monoisotopic (exact) mass is 343 g/mol. The van der Waals surface area contributed by atoms with Crippen LogP contribution in [0.25, 0.3) is 0 Å². The fraction of sp³-hybridized carbons (Fsp3) is 0.600. The molecule has 2 N–H and O–H groups in total. The minimum atomic E-state index is 0.105. The maximum absolute atomic E-state index is 12.7. The van der Waals surface area contributed by atoms with E-state index in [1.54, 1.807) is 0 Å². The van der Waals surface area contributed by atoms with Crippen LogP contribution in [0.4, 0.5) is 0 Å². The van der Waals surface area contributed by atoms with Crippen molar-refractivity contribution in [2.75, 3.05) is 26.2 Å². The molecule has 5 nitrogen and oxygen atoms in total. The van der Waals surface area contributed by atoms with Crippen LogP contribution in [-0.4, -0.2) is 42.9 Å². The molecule has 2 amide bonds. The second kappa shape index (κ2) is 8.48. The Bertz CT molecular complexity index is 595. The molecule has 5 heteroatoms. The number of nitrogens with one attached hydrogen (secondary N) is 2. The molecule has 2 aliphatic rings. The zero-order valence-corrected chi connectivity index (χ0v) is 15.1. The molecule has 136 valence electrons. The van der Waals surface area contributed by atoms with E-state index >= 15 is 0 Å². The summed E-state index contributed by atoms with van der Waals surface area (Å²) in [6, 6.07) is 8.70. The summed E-state index contributed by atoms with van der Waals surface area (Å²) in [6.07, 6.45) is 4.27. The molecule has 1 heterocycles. The lowest BCUT2D eigenvalue weighted by molar-refractivity contribution is -0.134. The number of amides is 2. The Morgan fingerprint density at radius 2 is 2.00 bits per heavy atom. The number of hydrogen-bond acceptors (Lipinski definition) is 3. The molecular formula is C20H29N3O2. The number of carbonyl (C=O) groups excluding carboxylic acids is 2. The largest absolute Gasteiger partial charge is 0.356 e. The molecule has 25 heavy (non-hydrogen) atoms. The van der Waals surface area contributed by atoms with Gasteiger partial charge in [0.15, 0.2) is 0 Å². The van der Waals surface area contributed by atoms with Crippen LogP contribution in [0.15, 0.2) is 24.3 Å². The first-order valence-electron chi connectivity index (χ1n) is 9.55. The number of nitrogens with zero attached hydrogens (tertiary/aromatic N) is 1. The summed E-state index contributed by atoms with van der Waals surface area (Å²) in [5, 5.41) is 6.33. The summed E-state index contributed by atoms with van der Waals surface area (Å²) in [5.74, 6) is 0.578. The highest BCUT2D eigenvalue weighted by Crippen LogP contribution is 2.28. The summed E-state index contributed by atoms with van der Waals surface area (Å²) in [5.41, 5.74) is 2.51. The third kappa shape index (κ3) is 4.82. The van der Waals surface area contributed by atoms with Gasteiger partial charge in [0, 0.05) is 38.5 Å². The Morgan fingerprint density at radius 3 is 2.68 bits per heavy atom. The third-order valence-electron chi connectivity index (χ3n) is 5.15. The molecule has 0 spiro atoms. The molecule has 1 aliphatic heterocycles. The van der Waals surface area contributed by atoms with Crippen LogP contribution in [0, 0.1) is 5.92 Å². The maximum Gasteiger partial charge on any atom is 0.223 e. The van der Waals surface area contributed by atoms with E-state index in [1.807, 2.05) is 4.90 Å². The number of benzene rings is 1. The van der Waals surface area contributed by atoms with Gasteiger partial charge in [-0.05, 0) is 36.8 Å². The average molecular weight is 343 g/mol. The number of carbonyl (C=O) groups is 2. The van der Waals surface area contributed by atoms with Gasteiger partial charge in [0.1, 0.15) is 0 Å². The van der Waals surface area contributed by atoms with E-state index in [1.165, 1.54) is 11.1 Å². The highest BCUT2D eigenvalue weighted by Gasteiger charge is 2.29. The van der Waals surface area contributed by atoms with Crippen molar-refractivity contribution in [3.8, 4) is 0 Å². The Labute approximate surface area is 150 Å². The first-order chi connectivity index (χ1) is 12.2. The van der Waals surface area contributed by atoms with Crippen molar-refractivity contribution in [1.82, 2.24) is 15.5 Å². The van der Waals surface area contributed by atoms with Gasteiger partial charge in [-0.3, -0.25) is 9.59 Å². The van der Waals surface area contributed by atoms with Crippen molar-refractivity contribution in [3.05, 3.63) is 35.4 Å². The van der Waals surface area contributed by atoms with Gasteiger partial charge in [0.2, 0.25) is 11.8 Å². The van der Waals surface area contributed by atoms with Crippen LogP contribution in [0.5, 0.6) is 0 Å². The fourth-order valence-corrected chi connectivity index (χ4v) is 3.36. The SMILES string of the molecule is CCc1ccc(C2CNCCN2C(=O)CCCNC(=O)C2CC2)cc1. The van der Waals surface area contributed by atoms with Gasteiger partial charge in [-0.2, -0.15) is 0 Å². The molecular weight excluding hydrogens is 314 g/mol. The van der Waals surface area contributed by atoms with Crippen molar-refractivity contribution in [2.45, 2.75) is 45.1 Å². The Morgan fingerprint density at radius 1 is 1.24 bits per heavy atom. The second-order valence-corrected chi connectivity index (χ2v) is 7.07. The molecule has 3 rings (SSSR count). The normalized spacial score (nSPS) is 20.4. The van der Waals surface area contributed by atoms with Crippen molar-refractivity contribution in [3.63, 3.8) is 0 Å². The van der Waals surface area contributed by atoms with E-state index in [0.29, 0.717) is 19.4 Å². The van der Waals surface area contributed by atoms with Crippen LogP contribution in [0.3, 0.4) is 0 Å². The highest BCUT2D eigenvalue weighted by molar-refractivity contribution is 5.81. The summed E-state index contributed by atoms with van der Waals surface area (Å²) >= 11 is 0. The second-order valence-electron chi connectivity index (χ2n) is 7.07. The molecule has 0 radical (unpaired) electrons. The molecule has 1 aromatic rings. The first-order valence-corrected chi connectivity index (χ1v) is 9.55. The number of rotatable bonds is 7. The molecule has 1 saturated heterocycles. The van der Waals surface area contributed by atoms with E-state index in [2.05, 4.69) is 41.8 Å². The highest BCUT2D eigenvalue weighted by atomic mass is 16.2. The Balaban J connectivity index is 1.52. The van der Waals surface area contributed by atoms with E-state index in [-0.39, 0.29) is 23.8 Å². The van der Waals surface area contributed by atoms with Crippen molar-refractivity contribution >= 4 is 11.8 Å². The molecule has 1 aliphatic carbocycles. The lowest BCUT2D eigenvalue weighted by Gasteiger charge is -2.36. The lowest BCUT2D eigenvalue weighted by atomic mass is 10.0. The molecule has 1 atom stereocenters. The molecule has 2 fully saturated rings. The molecule has 1 saturated carbocycles. The average Bonchev–Trinajstić information content (AvgIpc) is 3.50. The number of aryl methyl sites for hydroxylation is 1. The van der Waals surface area contributed by atoms with Crippen molar-refractivity contribution in [2.24, 2.45) is 5.92 Å². The summed E-state index contributed by atoms with van der Waals surface area (Å²) in [6.45, 7) is 5.13. The smallest absolute Gasteiger partial charge is 0.223 e. The van der Waals surface area contributed by atoms with Gasteiger partial charge in [0.25, 0.3) is 0 Å². The summed E-state index contributed by atoms with van der Waals surface area (Å²) in [4.78, 5) is 26.3.